The van der Waals surface area contributed by atoms with Gasteiger partial charge in [-0.1, -0.05) is 52.0 Å². The summed E-state index contributed by atoms with van der Waals surface area (Å²) in [5.74, 6) is -0.361. The van der Waals surface area contributed by atoms with Crippen molar-refractivity contribution in [2.45, 2.75) is 99.3 Å². The van der Waals surface area contributed by atoms with Crippen molar-refractivity contribution in [3.8, 4) is 0 Å². The van der Waals surface area contributed by atoms with E-state index in [4.69, 9.17) is 20.1 Å². The minimum Gasteiger partial charge on any atom is -0.527 e. The summed E-state index contributed by atoms with van der Waals surface area (Å²) >= 11 is 0. The number of amides is 4. The molecule has 11 N–H and O–H groups in total. The second kappa shape index (κ2) is 38.2. The van der Waals surface area contributed by atoms with Gasteiger partial charge in [-0.05, 0) is 107 Å². The van der Waals surface area contributed by atoms with Crippen molar-refractivity contribution in [3.63, 3.8) is 0 Å². The van der Waals surface area contributed by atoms with E-state index in [0.29, 0.717) is 30.9 Å². The fourth-order valence-electron chi connectivity index (χ4n) is 3.70. The minimum atomic E-state index is -0.863. The van der Waals surface area contributed by atoms with Gasteiger partial charge in [0, 0.05) is 30.9 Å². The third kappa shape index (κ3) is 34.4. The Balaban J connectivity index is -0.000000262. The number of nitrogens with two attached hydrogens (primary N) is 3. The average molecular weight is 1010 g/mol. The van der Waals surface area contributed by atoms with Crippen LogP contribution in [0.3, 0.4) is 0 Å². The van der Waals surface area contributed by atoms with E-state index in [2.05, 4.69) is 46.6 Å². The number of aldehydes is 1. The third-order valence-electron chi connectivity index (χ3n) is 6.95. The van der Waals surface area contributed by atoms with Gasteiger partial charge >= 0.3 is 12.1 Å². The molecule has 314 valence electrons. The number of ether oxygens (including phenoxy) is 1. The van der Waals surface area contributed by atoms with Gasteiger partial charge in [0.25, 0.3) is 0 Å². The van der Waals surface area contributed by atoms with Crippen LogP contribution in [0.15, 0.2) is 48.5 Å². The van der Waals surface area contributed by atoms with Gasteiger partial charge in [0.05, 0.1) is 5.41 Å². The number of carboxylic acid groups (broad SMARTS) is 1. The Morgan fingerprint density at radius 2 is 1.37 bits per heavy atom. The van der Waals surface area contributed by atoms with Gasteiger partial charge in [0.2, 0.25) is 12.8 Å². The van der Waals surface area contributed by atoms with Crippen LogP contribution in [0.4, 0.5) is 16.2 Å². The Labute approximate surface area is 316 Å². The molecule has 15 nitrogen and oxygen atoms in total. The van der Waals surface area contributed by atoms with Crippen LogP contribution in [0.25, 0.3) is 0 Å². The Hall–Kier alpha value is -6.02. The molecule has 0 fully saturated rings. The molecule has 0 bridgehead atoms. The molecule has 0 radical (unpaired) electrons. The Morgan fingerprint density at radius 3 is 1.76 bits per heavy atom. The first-order chi connectivity index (χ1) is 25.1. The van der Waals surface area contributed by atoms with Gasteiger partial charge in [-0.2, -0.15) is 6.41 Å². The average Bonchev–Trinajstić information content (AvgIpc) is 3.12. The van der Waals surface area contributed by atoms with Crippen molar-refractivity contribution in [2.75, 3.05) is 31.3 Å². The summed E-state index contributed by atoms with van der Waals surface area (Å²) in [5, 5.41) is 20.5. The second-order valence-electron chi connectivity index (χ2n) is 12.0. The largest absolute Gasteiger partial charge is 0.527 e. The molecule has 54 heavy (non-hydrogen) atoms. The van der Waals surface area contributed by atoms with Crippen molar-refractivity contribution < 1.29 is 38.6 Å². The molecule has 2 aromatic carbocycles. The molecule has 0 saturated heterocycles. The maximum atomic E-state index is 12.0. The van der Waals surface area contributed by atoms with Crippen LogP contribution in [0.5, 0.6) is 0 Å². The number of hydrogen-bond donors (Lipinski definition) is 8. The molecule has 0 aromatic heterocycles. The number of carbonyl (C=O) groups is 5. The number of carboxylic acids is 1. The van der Waals surface area contributed by atoms with Crippen molar-refractivity contribution in [1.29, 1.82) is 0 Å². The maximum Gasteiger partial charge on any atom is 0.411 e. The zero-order valence-electron chi connectivity index (χ0n) is 33.4. The van der Waals surface area contributed by atoms with E-state index in [0.717, 1.165) is 42.5 Å². The molecule has 16 heteroatoms. The van der Waals surface area contributed by atoms with Crippen molar-refractivity contribution in [2.24, 2.45) is 28.5 Å². The minimum absolute atomic E-state index is 0. The van der Waals surface area contributed by atoms with Crippen LogP contribution in [-0.4, -0.2) is 75.4 Å². The van der Waals surface area contributed by atoms with Gasteiger partial charge in [0.1, 0.15) is 12.9 Å². The van der Waals surface area contributed by atoms with E-state index in [1.807, 2.05) is 71.3 Å². The number of benzene rings is 2. The normalized spacial score (nSPS) is 10.4. The summed E-state index contributed by atoms with van der Waals surface area (Å²) in [5.41, 5.74) is 17.0. The third-order valence-corrected chi connectivity index (χ3v) is 6.95. The molecular weight excluding hydrogens is 939 g/mol. The molecule has 0 saturated carbocycles. The predicted molar refractivity (Wildman–Crippen MR) is 213 cm³/mol. The molecule has 2 atom stereocenters. The first-order valence-corrected chi connectivity index (χ1v) is 17.4. The van der Waals surface area contributed by atoms with Gasteiger partial charge in [0.15, 0.2) is 0 Å². The topological polar surface area (TPSA) is 258 Å². The Bertz CT molecular complexity index is 1210. The van der Waals surface area contributed by atoms with Crippen LogP contribution >= 0.6 is 0 Å². The summed E-state index contributed by atoms with van der Waals surface area (Å²) < 4.78 is 5.23. The van der Waals surface area contributed by atoms with E-state index < -0.39 is 17.5 Å². The fourth-order valence-corrected chi connectivity index (χ4v) is 3.70. The predicted octanol–water partition coefficient (Wildman–Crippen LogP) is 4.34. The number of unbranched alkanes of at least 4 members (excludes halogenated alkanes) is 2. The monoisotopic (exact) mass is 1010 g/mol. The molecule has 0 aliphatic carbocycles. The molecule has 0 aliphatic heterocycles. The molecule has 0 aliphatic rings. The van der Waals surface area contributed by atoms with Crippen LogP contribution in [-0.2, 0) is 41.7 Å². The molecule has 2 unspecified atom stereocenters. The van der Waals surface area contributed by atoms with Crippen molar-refractivity contribution >= 4 is 49.0 Å². The van der Waals surface area contributed by atoms with Gasteiger partial charge in [-0.25, -0.2) is 4.79 Å². The number of rotatable bonds is 17. The fraction of sp³-hybridized carbons (Fsp3) is 0.526. The van der Waals surface area contributed by atoms with E-state index in [-0.39, 0.29) is 31.5 Å². The van der Waals surface area contributed by atoms with Crippen LogP contribution in [0, 0.1) is 11.3 Å². The SMILES string of the molecule is CC.CC(C)C(C)N[C-]=O.CNCCCCC=O.CNc1ccc(COC(=O)Nc2ccc(CC(N)CC(C)(C)C(=O)O)cc2)cc1.NC=O.NC=O.[Fm]. The summed E-state index contributed by atoms with van der Waals surface area (Å²) in [4.78, 5) is 59.8. The summed E-state index contributed by atoms with van der Waals surface area (Å²) in [6.07, 6.45) is 6.36. The molecule has 2 rings (SSSR count). The Kier molecular flexibility index (Phi) is 40.6. The van der Waals surface area contributed by atoms with E-state index in [9.17, 15) is 24.3 Å². The smallest absolute Gasteiger partial charge is 0.411 e. The van der Waals surface area contributed by atoms with Crippen LogP contribution < -0.4 is 38.5 Å². The standard InChI is InChI=1S/C22H29N3O4.C6H12NO.C6H13NO.C2H6.2CH3NO.Fm/c1-22(2,20(26)27)13-17(23)12-15-4-10-19(11-5-15)25-21(28)29-14-16-6-8-18(24-3)9-7-16;1-5(2)6(3)7-4-8;1-7-5-3-2-4-6-8;1-2;2*2-1-3;/h4-11,17,24H,12-14,23H2,1-3H3,(H,25,28)(H,26,27);5-6H,1-3H3,(H,7,8);6-7H,2-5H2,1H3;1-2H3;2*1H,(H2,2,3);/q;-1;;;;;. The first kappa shape index (κ1) is 57.3. The van der Waals surface area contributed by atoms with Crippen LogP contribution in [0.2, 0.25) is 0 Å². The zero-order chi connectivity index (χ0) is 41.7. The summed E-state index contributed by atoms with van der Waals surface area (Å²) in [6.45, 7) is 14.6. The number of aliphatic carboxylic acids is 1. The van der Waals surface area contributed by atoms with Crippen molar-refractivity contribution in [3.05, 3.63) is 59.7 Å². The first-order valence-electron chi connectivity index (χ1n) is 17.4. The van der Waals surface area contributed by atoms with Crippen molar-refractivity contribution in [1.82, 2.24) is 10.6 Å². The number of anilines is 2. The molecule has 0 heterocycles. The maximum absolute atomic E-state index is 12.0. The number of carbonyl (C=O) groups excluding carboxylic acids is 5. The molecular formula is C38H66FmN7O8-. The van der Waals surface area contributed by atoms with E-state index in [1.54, 1.807) is 32.4 Å². The number of nitrogens with one attached hydrogen (secondary N) is 4. The zero-order valence-corrected chi connectivity index (χ0v) is 35.8. The molecule has 0 spiro atoms. The second-order valence-corrected chi connectivity index (χ2v) is 12.0. The summed E-state index contributed by atoms with van der Waals surface area (Å²) in [7, 11) is 3.76. The van der Waals surface area contributed by atoms with E-state index in [1.165, 1.54) is 0 Å². The van der Waals surface area contributed by atoms with E-state index >= 15 is 0 Å². The quantitative estimate of drug-likeness (QED) is 0.0479. The molecule has 4 amide bonds. The van der Waals surface area contributed by atoms with Gasteiger partial charge < -0.3 is 52.6 Å². The number of hydrogen-bond acceptors (Lipinski definition) is 10. The molecule has 2 aromatic rings. The van der Waals surface area contributed by atoms with Gasteiger partial charge in [-0.3, -0.25) is 19.7 Å². The summed E-state index contributed by atoms with van der Waals surface area (Å²) in [6, 6.07) is 14.9. The Morgan fingerprint density at radius 1 is 0.889 bits per heavy atom. The van der Waals surface area contributed by atoms with Gasteiger partial charge in [-0.15, -0.1) is 0 Å². The number of primary amides is 2. The van der Waals surface area contributed by atoms with Crippen LogP contribution in [0.1, 0.15) is 85.3 Å².